The molecule has 4 aromatic rings. The first-order valence-corrected chi connectivity index (χ1v) is 8.79. The van der Waals surface area contributed by atoms with Gasteiger partial charge in [-0.2, -0.15) is 13.2 Å². The van der Waals surface area contributed by atoms with E-state index in [1.165, 1.54) is 12.1 Å². The maximum Gasteiger partial charge on any atom is 0.416 e. The van der Waals surface area contributed by atoms with Crippen LogP contribution in [0.1, 0.15) is 5.56 Å². The highest BCUT2D eigenvalue weighted by Gasteiger charge is 2.30. The van der Waals surface area contributed by atoms with Crippen molar-refractivity contribution in [1.29, 1.82) is 0 Å². The van der Waals surface area contributed by atoms with Crippen molar-refractivity contribution in [3.8, 4) is 22.8 Å². The lowest BCUT2D eigenvalue weighted by Gasteiger charge is -2.12. The molecule has 0 aliphatic rings. The Bertz CT molecular complexity index is 1140. The Labute approximate surface area is 164 Å². The molecule has 0 atom stereocenters. The van der Waals surface area contributed by atoms with E-state index in [0.29, 0.717) is 27.7 Å². The molecule has 6 heteroatoms. The van der Waals surface area contributed by atoms with Gasteiger partial charge in [0.1, 0.15) is 11.5 Å². The summed E-state index contributed by atoms with van der Waals surface area (Å²) in [6.45, 7) is 0. The maximum absolute atomic E-state index is 12.8. The first-order valence-electron chi connectivity index (χ1n) is 8.41. The average molecular weight is 400 g/mol. The van der Waals surface area contributed by atoms with Crippen LogP contribution in [-0.2, 0) is 6.18 Å². The number of pyridine rings is 1. The molecule has 0 aliphatic carbocycles. The Balaban J connectivity index is 1.77. The van der Waals surface area contributed by atoms with Crippen molar-refractivity contribution in [2.45, 2.75) is 6.18 Å². The van der Waals surface area contributed by atoms with Crippen molar-refractivity contribution in [3.63, 3.8) is 0 Å². The van der Waals surface area contributed by atoms with Crippen molar-refractivity contribution < 1.29 is 17.9 Å². The zero-order chi connectivity index (χ0) is 19.7. The van der Waals surface area contributed by atoms with Gasteiger partial charge < -0.3 is 4.74 Å². The van der Waals surface area contributed by atoms with Crippen LogP contribution in [0.25, 0.3) is 22.2 Å². The number of aromatic nitrogens is 1. The van der Waals surface area contributed by atoms with Crippen LogP contribution in [0.4, 0.5) is 13.2 Å². The minimum Gasteiger partial charge on any atom is -0.457 e. The van der Waals surface area contributed by atoms with E-state index >= 15 is 0 Å². The van der Waals surface area contributed by atoms with E-state index in [-0.39, 0.29) is 0 Å². The van der Waals surface area contributed by atoms with E-state index in [9.17, 15) is 13.2 Å². The number of hydrogen-bond donors (Lipinski definition) is 0. The Hall–Kier alpha value is -3.05. The van der Waals surface area contributed by atoms with Gasteiger partial charge in [0, 0.05) is 22.0 Å². The summed E-state index contributed by atoms with van der Waals surface area (Å²) in [5.74, 6) is 0.807. The summed E-state index contributed by atoms with van der Waals surface area (Å²) in [7, 11) is 0. The zero-order valence-corrected chi connectivity index (χ0v) is 15.1. The van der Waals surface area contributed by atoms with Crippen molar-refractivity contribution in [2.75, 3.05) is 0 Å². The molecule has 0 radical (unpaired) electrons. The molecule has 0 saturated carbocycles. The Morgan fingerprint density at radius 1 is 0.821 bits per heavy atom. The topological polar surface area (TPSA) is 22.1 Å². The standard InChI is InChI=1S/C22H13ClF3NO/c23-16-5-3-4-14(12-16)20-13-21(18-6-1-2-7-19(18)27-20)28-17-10-8-15(9-11-17)22(24,25)26/h1-13H. The Morgan fingerprint density at radius 3 is 2.29 bits per heavy atom. The fourth-order valence-corrected chi connectivity index (χ4v) is 3.05. The van der Waals surface area contributed by atoms with E-state index in [1.54, 1.807) is 18.2 Å². The van der Waals surface area contributed by atoms with Gasteiger partial charge in [-0.3, -0.25) is 0 Å². The molecule has 28 heavy (non-hydrogen) atoms. The maximum atomic E-state index is 12.8. The van der Waals surface area contributed by atoms with Crippen molar-refractivity contribution in [3.05, 3.63) is 89.4 Å². The fourth-order valence-electron chi connectivity index (χ4n) is 2.86. The van der Waals surface area contributed by atoms with E-state index in [0.717, 1.165) is 23.1 Å². The molecule has 0 N–H and O–H groups in total. The van der Waals surface area contributed by atoms with Gasteiger partial charge in [-0.25, -0.2) is 4.98 Å². The molecule has 140 valence electrons. The third-order valence-corrected chi connectivity index (χ3v) is 4.44. The third kappa shape index (κ3) is 3.80. The summed E-state index contributed by atoms with van der Waals surface area (Å²) in [5.41, 5.74) is 1.46. The van der Waals surface area contributed by atoms with Gasteiger partial charge in [-0.15, -0.1) is 0 Å². The number of alkyl halides is 3. The van der Waals surface area contributed by atoms with Crippen molar-refractivity contribution in [1.82, 2.24) is 4.98 Å². The van der Waals surface area contributed by atoms with Gasteiger partial charge in [0.15, 0.2) is 0 Å². The fraction of sp³-hybridized carbons (Fsp3) is 0.0455. The minimum atomic E-state index is -4.39. The highest BCUT2D eigenvalue weighted by atomic mass is 35.5. The predicted molar refractivity (Wildman–Crippen MR) is 104 cm³/mol. The van der Waals surface area contributed by atoms with E-state index in [1.807, 2.05) is 36.4 Å². The molecular formula is C22H13ClF3NO. The summed E-state index contributed by atoms with van der Waals surface area (Å²) >= 11 is 6.08. The zero-order valence-electron chi connectivity index (χ0n) is 14.4. The molecular weight excluding hydrogens is 387 g/mol. The van der Waals surface area contributed by atoms with Gasteiger partial charge in [-0.1, -0.05) is 35.9 Å². The predicted octanol–water partition coefficient (Wildman–Crippen LogP) is 7.37. The number of rotatable bonds is 3. The monoisotopic (exact) mass is 399 g/mol. The molecule has 0 fully saturated rings. The number of nitrogens with zero attached hydrogens (tertiary/aromatic N) is 1. The highest BCUT2D eigenvalue weighted by Crippen LogP contribution is 2.35. The van der Waals surface area contributed by atoms with Gasteiger partial charge >= 0.3 is 6.18 Å². The van der Waals surface area contributed by atoms with Gasteiger partial charge in [-0.05, 0) is 48.5 Å². The summed E-state index contributed by atoms with van der Waals surface area (Å²) in [4.78, 5) is 4.65. The third-order valence-electron chi connectivity index (χ3n) is 4.21. The average Bonchev–Trinajstić information content (AvgIpc) is 2.67. The highest BCUT2D eigenvalue weighted by molar-refractivity contribution is 6.30. The lowest BCUT2D eigenvalue weighted by Crippen LogP contribution is -2.04. The molecule has 3 aromatic carbocycles. The molecule has 1 heterocycles. The number of benzene rings is 3. The van der Waals surface area contributed by atoms with Crippen LogP contribution >= 0.6 is 11.6 Å². The molecule has 1 aromatic heterocycles. The normalized spacial score (nSPS) is 11.6. The molecule has 0 unspecified atom stereocenters. The van der Waals surface area contributed by atoms with E-state index < -0.39 is 11.7 Å². The van der Waals surface area contributed by atoms with Gasteiger partial charge in [0.05, 0.1) is 16.8 Å². The SMILES string of the molecule is FC(F)(F)c1ccc(Oc2cc(-c3cccc(Cl)c3)nc3ccccc23)cc1. The lowest BCUT2D eigenvalue weighted by atomic mass is 10.1. The Morgan fingerprint density at radius 2 is 1.57 bits per heavy atom. The van der Waals surface area contributed by atoms with E-state index in [2.05, 4.69) is 4.98 Å². The van der Waals surface area contributed by atoms with Crippen LogP contribution in [-0.4, -0.2) is 4.98 Å². The van der Waals surface area contributed by atoms with Gasteiger partial charge in [0.2, 0.25) is 0 Å². The van der Waals surface area contributed by atoms with Crippen LogP contribution in [0, 0.1) is 0 Å². The van der Waals surface area contributed by atoms with Crippen molar-refractivity contribution >= 4 is 22.5 Å². The number of para-hydroxylation sites is 1. The summed E-state index contributed by atoms with van der Waals surface area (Å²) < 4.78 is 44.2. The Kier molecular flexibility index (Phi) is 4.69. The summed E-state index contributed by atoms with van der Waals surface area (Å²) in [5, 5.41) is 1.34. The first-order chi connectivity index (χ1) is 13.4. The number of fused-ring (bicyclic) bond motifs is 1. The van der Waals surface area contributed by atoms with Crippen LogP contribution < -0.4 is 4.74 Å². The molecule has 2 nitrogen and oxygen atoms in total. The molecule has 4 rings (SSSR count). The van der Waals surface area contributed by atoms with Crippen LogP contribution in [0.3, 0.4) is 0 Å². The molecule has 0 amide bonds. The second kappa shape index (κ2) is 7.17. The van der Waals surface area contributed by atoms with Crippen LogP contribution in [0.15, 0.2) is 78.9 Å². The second-order valence-corrected chi connectivity index (χ2v) is 6.59. The van der Waals surface area contributed by atoms with Gasteiger partial charge in [0.25, 0.3) is 0 Å². The minimum absolute atomic E-state index is 0.307. The quantitative estimate of drug-likeness (QED) is 0.359. The number of ether oxygens (including phenoxy) is 1. The lowest BCUT2D eigenvalue weighted by molar-refractivity contribution is -0.137. The summed E-state index contributed by atoms with van der Waals surface area (Å²) in [6, 6.07) is 21.0. The molecule has 0 aliphatic heterocycles. The van der Waals surface area contributed by atoms with Crippen molar-refractivity contribution in [2.24, 2.45) is 0 Å². The van der Waals surface area contributed by atoms with Crippen LogP contribution in [0.5, 0.6) is 11.5 Å². The second-order valence-electron chi connectivity index (χ2n) is 6.16. The summed E-state index contributed by atoms with van der Waals surface area (Å²) in [6.07, 6.45) is -4.39. The van der Waals surface area contributed by atoms with E-state index in [4.69, 9.17) is 16.3 Å². The molecule has 0 bridgehead atoms. The molecule has 0 saturated heterocycles. The first kappa shape index (κ1) is 18.3. The smallest absolute Gasteiger partial charge is 0.416 e. The van der Waals surface area contributed by atoms with Crippen LogP contribution in [0.2, 0.25) is 5.02 Å². The number of hydrogen-bond acceptors (Lipinski definition) is 2. The number of halogens is 4. The largest absolute Gasteiger partial charge is 0.457 e. The molecule has 0 spiro atoms.